The molecular weight excluding hydrogens is 194 g/mol. The van der Waals surface area contributed by atoms with Crippen molar-refractivity contribution in [2.24, 2.45) is 0 Å². The Balaban J connectivity index is 3.00. The molecule has 2 aromatic carbocycles. The fraction of sp³-hybridized carbons (Fsp3) is 0.0833. The summed E-state index contributed by atoms with van der Waals surface area (Å²) >= 11 is 6.08. The molecule has 0 fully saturated rings. The number of hydrogen-bond donors (Lipinski definition) is 0. The van der Waals surface area contributed by atoms with Crippen LogP contribution in [0.15, 0.2) is 30.3 Å². The van der Waals surface area contributed by atoms with Crippen LogP contribution < -0.4 is 0 Å². The summed E-state index contributed by atoms with van der Waals surface area (Å²) in [6.07, 6.45) is 0. The van der Waals surface area contributed by atoms with Gasteiger partial charge in [-0.25, -0.2) is 0 Å². The fourth-order valence-corrected chi connectivity index (χ4v) is 1.94. The Bertz CT molecular complexity index is 538. The van der Waals surface area contributed by atoms with Gasteiger partial charge in [-0.15, -0.1) is 0 Å². The van der Waals surface area contributed by atoms with E-state index < -0.39 is 0 Å². The van der Waals surface area contributed by atoms with E-state index in [2.05, 4.69) is 6.07 Å². The summed E-state index contributed by atoms with van der Waals surface area (Å²) in [5.41, 5.74) is 1.64. The monoisotopic (exact) mass is 201 g/mol. The Morgan fingerprint density at radius 1 is 1.21 bits per heavy atom. The van der Waals surface area contributed by atoms with E-state index in [9.17, 15) is 0 Å². The molecule has 68 valence electrons. The number of hydrogen-bond acceptors (Lipinski definition) is 1. The van der Waals surface area contributed by atoms with Crippen LogP contribution in [0.3, 0.4) is 0 Å². The van der Waals surface area contributed by atoms with Crippen LogP contribution >= 0.6 is 11.6 Å². The van der Waals surface area contributed by atoms with Gasteiger partial charge in [0.2, 0.25) is 0 Å². The molecule has 2 rings (SSSR count). The minimum Gasteiger partial charge on any atom is -0.192 e. The van der Waals surface area contributed by atoms with Gasteiger partial charge in [0.05, 0.1) is 5.56 Å². The molecule has 0 spiro atoms. The lowest BCUT2D eigenvalue weighted by molar-refractivity contribution is 1.42. The highest BCUT2D eigenvalue weighted by Gasteiger charge is 2.06. The summed E-state index contributed by atoms with van der Waals surface area (Å²) in [6, 6.07) is 11.7. The average Bonchev–Trinajstić information content (AvgIpc) is 2.18. The van der Waals surface area contributed by atoms with Crippen molar-refractivity contribution in [1.29, 1.82) is 5.26 Å². The molecule has 0 aliphatic rings. The number of rotatable bonds is 0. The van der Waals surface area contributed by atoms with Gasteiger partial charge in [0.25, 0.3) is 0 Å². The van der Waals surface area contributed by atoms with Gasteiger partial charge in [-0.2, -0.15) is 5.26 Å². The largest absolute Gasteiger partial charge is 0.192 e. The molecule has 14 heavy (non-hydrogen) atoms. The van der Waals surface area contributed by atoms with Crippen LogP contribution in [0.1, 0.15) is 11.1 Å². The highest BCUT2D eigenvalue weighted by Crippen LogP contribution is 2.28. The quantitative estimate of drug-likeness (QED) is 0.638. The third kappa shape index (κ3) is 1.25. The van der Waals surface area contributed by atoms with Gasteiger partial charge in [0.15, 0.2) is 0 Å². The number of nitrogens with zero attached hydrogens (tertiary/aromatic N) is 1. The summed E-state index contributed by atoms with van der Waals surface area (Å²) in [5.74, 6) is 0. The Hall–Kier alpha value is -1.52. The maximum atomic E-state index is 9.01. The van der Waals surface area contributed by atoms with Crippen LogP contribution in [0.4, 0.5) is 0 Å². The molecule has 0 N–H and O–H groups in total. The van der Waals surface area contributed by atoms with Crippen molar-refractivity contribution in [3.8, 4) is 6.07 Å². The molecular formula is C12H8ClN. The second-order valence-corrected chi connectivity index (χ2v) is 3.61. The lowest BCUT2D eigenvalue weighted by Gasteiger charge is -2.05. The maximum Gasteiger partial charge on any atom is 0.100 e. The van der Waals surface area contributed by atoms with Gasteiger partial charge in [0, 0.05) is 15.8 Å². The molecule has 0 atom stereocenters. The Morgan fingerprint density at radius 3 is 2.50 bits per heavy atom. The molecule has 2 aromatic rings. The molecule has 0 aliphatic carbocycles. The van der Waals surface area contributed by atoms with Gasteiger partial charge < -0.3 is 0 Å². The van der Waals surface area contributed by atoms with E-state index >= 15 is 0 Å². The Labute approximate surface area is 87.5 Å². The highest BCUT2D eigenvalue weighted by molar-refractivity contribution is 6.35. The number of aryl methyl sites for hydroxylation is 1. The van der Waals surface area contributed by atoms with Gasteiger partial charge in [-0.05, 0) is 18.6 Å². The molecule has 1 nitrogen and oxygen atoms in total. The predicted octanol–water partition coefficient (Wildman–Crippen LogP) is 3.67. The zero-order valence-corrected chi connectivity index (χ0v) is 8.47. The van der Waals surface area contributed by atoms with Crippen LogP contribution in [0, 0.1) is 18.3 Å². The van der Waals surface area contributed by atoms with E-state index in [0.29, 0.717) is 10.6 Å². The van der Waals surface area contributed by atoms with E-state index in [0.717, 1.165) is 16.3 Å². The lowest BCUT2D eigenvalue weighted by Crippen LogP contribution is -1.85. The Morgan fingerprint density at radius 2 is 1.86 bits per heavy atom. The zero-order chi connectivity index (χ0) is 10.1. The standard InChI is InChI=1S/C12H8ClN/c1-8-6-12(13)10-5-3-2-4-9(10)11(8)7-14/h2-6H,1H3. The van der Waals surface area contributed by atoms with Crippen LogP contribution in [-0.4, -0.2) is 0 Å². The second kappa shape index (κ2) is 3.32. The first-order valence-corrected chi connectivity index (χ1v) is 4.70. The zero-order valence-electron chi connectivity index (χ0n) is 7.71. The topological polar surface area (TPSA) is 23.8 Å². The first-order valence-electron chi connectivity index (χ1n) is 4.32. The van der Waals surface area contributed by atoms with Crippen molar-refractivity contribution in [2.45, 2.75) is 6.92 Å². The van der Waals surface area contributed by atoms with Crippen molar-refractivity contribution in [1.82, 2.24) is 0 Å². The van der Waals surface area contributed by atoms with E-state index in [1.165, 1.54) is 0 Å². The summed E-state index contributed by atoms with van der Waals surface area (Å²) in [4.78, 5) is 0. The Kier molecular flexibility index (Phi) is 2.15. The van der Waals surface area contributed by atoms with Gasteiger partial charge in [-0.1, -0.05) is 35.9 Å². The lowest BCUT2D eigenvalue weighted by atomic mass is 10.0. The SMILES string of the molecule is Cc1cc(Cl)c2ccccc2c1C#N. The number of halogens is 1. The molecule has 0 saturated carbocycles. The molecule has 0 aliphatic heterocycles. The van der Waals surface area contributed by atoms with Crippen molar-refractivity contribution < 1.29 is 0 Å². The third-order valence-corrected chi connectivity index (χ3v) is 2.62. The van der Waals surface area contributed by atoms with E-state index in [1.807, 2.05) is 37.3 Å². The maximum absolute atomic E-state index is 9.01. The van der Waals surface area contributed by atoms with Crippen LogP contribution in [0.5, 0.6) is 0 Å². The minimum atomic E-state index is 0.706. The number of nitriles is 1. The summed E-state index contributed by atoms with van der Waals surface area (Å²) < 4.78 is 0. The van der Waals surface area contributed by atoms with Crippen molar-refractivity contribution in [3.05, 3.63) is 46.5 Å². The molecule has 0 aromatic heterocycles. The van der Waals surface area contributed by atoms with Gasteiger partial charge in [-0.3, -0.25) is 0 Å². The molecule has 0 radical (unpaired) electrons. The third-order valence-electron chi connectivity index (χ3n) is 2.30. The summed E-state index contributed by atoms with van der Waals surface area (Å²) in [7, 11) is 0. The molecule has 2 heteroatoms. The highest BCUT2D eigenvalue weighted by atomic mass is 35.5. The van der Waals surface area contributed by atoms with E-state index in [-0.39, 0.29) is 0 Å². The molecule has 0 bridgehead atoms. The molecule has 0 saturated heterocycles. The first-order chi connectivity index (χ1) is 6.74. The minimum absolute atomic E-state index is 0.706. The van der Waals surface area contributed by atoms with E-state index in [1.54, 1.807) is 0 Å². The number of benzene rings is 2. The summed E-state index contributed by atoms with van der Waals surface area (Å²) in [5, 5.41) is 11.6. The smallest absolute Gasteiger partial charge is 0.100 e. The van der Waals surface area contributed by atoms with Crippen molar-refractivity contribution in [2.75, 3.05) is 0 Å². The molecule has 0 amide bonds. The van der Waals surface area contributed by atoms with Crippen LogP contribution in [0.25, 0.3) is 10.8 Å². The van der Waals surface area contributed by atoms with Crippen LogP contribution in [0.2, 0.25) is 5.02 Å². The predicted molar refractivity (Wildman–Crippen MR) is 58.4 cm³/mol. The normalized spacial score (nSPS) is 10.1. The van der Waals surface area contributed by atoms with Crippen LogP contribution in [-0.2, 0) is 0 Å². The average molecular weight is 202 g/mol. The van der Waals surface area contributed by atoms with Crippen molar-refractivity contribution in [3.63, 3.8) is 0 Å². The second-order valence-electron chi connectivity index (χ2n) is 3.21. The van der Waals surface area contributed by atoms with Gasteiger partial charge in [0.1, 0.15) is 6.07 Å². The van der Waals surface area contributed by atoms with Gasteiger partial charge >= 0.3 is 0 Å². The molecule has 0 unspecified atom stereocenters. The molecule has 0 heterocycles. The number of fused-ring (bicyclic) bond motifs is 1. The van der Waals surface area contributed by atoms with Crippen molar-refractivity contribution >= 4 is 22.4 Å². The fourth-order valence-electron chi connectivity index (χ4n) is 1.61. The van der Waals surface area contributed by atoms with E-state index in [4.69, 9.17) is 16.9 Å². The summed E-state index contributed by atoms with van der Waals surface area (Å²) in [6.45, 7) is 1.90. The first kappa shape index (κ1) is 9.05.